The number of aliphatic carboxylic acids is 1. The molecular weight excluding hydrogens is 268 g/mol. The lowest BCUT2D eigenvalue weighted by Gasteiger charge is -2.25. The summed E-state index contributed by atoms with van der Waals surface area (Å²) in [5, 5.41) is 12.0. The van der Waals surface area contributed by atoms with Crippen LogP contribution in [0.4, 0.5) is 5.69 Å². The molecule has 1 saturated carbocycles. The first-order chi connectivity index (χ1) is 9.86. The number of hydrogen-bond donors (Lipinski definition) is 2. The van der Waals surface area contributed by atoms with Crippen molar-refractivity contribution >= 4 is 17.6 Å². The molecule has 2 rings (SSSR count). The summed E-state index contributed by atoms with van der Waals surface area (Å²) in [6.07, 6.45) is 1.93. The third-order valence-electron chi connectivity index (χ3n) is 3.70. The molecule has 5 nitrogen and oxygen atoms in total. The number of nitrogens with zero attached hydrogens (tertiary/aromatic N) is 1. The average Bonchev–Trinajstić information content (AvgIpc) is 3.17. The summed E-state index contributed by atoms with van der Waals surface area (Å²) >= 11 is 0. The molecule has 0 spiro atoms. The fraction of sp³-hybridized carbons (Fsp3) is 0.500. The van der Waals surface area contributed by atoms with E-state index in [0.717, 1.165) is 29.7 Å². The fourth-order valence-corrected chi connectivity index (χ4v) is 2.54. The van der Waals surface area contributed by atoms with Crippen molar-refractivity contribution in [2.45, 2.75) is 45.7 Å². The van der Waals surface area contributed by atoms with Crippen LogP contribution in [0, 0.1) is 13.8 Å². The highest BCUT2D eigenvalue weighted by molar-refractivity contribution is 5.92. The number of aryl methyl sites for hydroxylation is 2. The minimum Gasteiger partial charge on any atom is -0.480 e. The third kappa shape index (κ3) is 4.29. The van der Waals surface area contributed by atoms with Crippen molar-refractivity contribution in [2.75, 3.05) is 11.9 Å². The molecule has 2 N–H and O–H groups in total. The first kappa shape index (κ1) is 15.5. The molecular formula is C16H22N2O3. The zero-order valence-corrected chi connectivity index (χ0v) is 12.7. The van der Waals surface area contributed by atoms with E-state index >= 15 is 0 Å². The second kappa shape index (κ2) is 6.26. The van der Waals surface area contributed by atoms with Gasteiger partial charge in [0.1, 0.15) is 6.04 Å². The minimum absolute atomic E-state index is 0.116. The molecule has 1 fully saturated rings. The third-order valence-corrected chi connectivity index (χ3v) is 3.70. The van der Waals surface area contributed by atoms with Crippen LogP contribution in [0.1, 0.15) is 30.9 Å². The van der Waals surface area contributed by atoms with Gasteiger partial charge in [-0.2, -0.15) is 0 Å². The lowest BCUT2D eigenvalue weighted by atomic mass is 10.1. The second-order valence-electron chi connectivity index (χ2n) is 5.84. The Morgan fingerprint density at radius 3 is 2.33 bits per heavy atom. The Hall–Kier alpha value is -1.88. The normalized spacial score (nSPS) is 15.8. The van der Waals surface area contributed by atoms with Crippen LogP contribution >= 0.6 is 0 Å². The Labute approximate surface area is 125 Å². The molecule has 1 unspecified atom stereocenters. The Balaban J connectivity index is 2.00. The summed E-state index contributed by atoms with van der Waals surface area (Å²) < 4.78 is 0. The van der Waals surface area contributed by atoms with E-state index in [1.54, 1.807) is 11.8 Å². The topological polar surface area (TPSA) is 69.6 Å². The van der Waals surface area contributed by atoms with Crippen LogP contribution in [-0.4, -0.2) is 40.5 Å². The first-order valence-corrected chi connectivity index (χ1v) is 7.23. The molecule has 0 heterocycles. The van der Waals surface area contributed by atoms with Gasteiger partial charge in [0.05, 0.1) is 6.54 Å². The number of carbonyl (C=O) groups is 2. The lowest BCUT2D eigenvalue weighted by Crippen LogP contribution is -2.44. The van der Waals surface area contributed by atoms with Crippen molar-refractivity contribution in [3.63, 3.8) is 0 Å². The Morgan fingerprint density at radius 1 is 1.29 bits per heavy atom. The molecule has 1 aromatic rings. The van der Waals surface area contributed by atoms with E-state index in [9.17, 15) is 9.59 Å². The van der Waals surface area contributed by atoms with Gasteiger partial charge < -0.3 is 10.4 Å². The number of carbonyl (C=O) groups excluding carboxylic acids is 1. The number of hydrogen-bond acceptors (Lipinski definition) is 3. The zero-order valence-electron chi connectivity index (χ0n) is 12.7. The van der Waals surface area contributed by atoms with Crippen molar-refractivity contribution in [3.8, 4) is 0 Å². The molecule has 0 aliphatic heterocycles. The highest BCUT2D eigenvalue weighted by Gasteiger charge is 2.36. The molecule has 0 aromatic heterocycles. The number of anilines is 1. The van der Waals surface area contributed by atoms with E-state index in [2.05, 4.69) is 5.32 Å². The Kier molecular flexibility index (Phi) is 4.63. The van der Waals surface area contributed by atoms with Crippen LogP contribution in [0.15, 0.2) is 18.2 Å². The summed E-state index contributed by atoms with van der Waals surface area (Å²) in [6, 6.07) is 5.45. The fourth-order valence-electron chi connectivity index (χ4n) is 2.54. The molecule has 114 valence electrons. The van der Waals surface area contributed by atoms with Gasteiger partial charge in [0.25, 0.3) is 0 Å². The van der Waals surface area contributed by atoms with E-state index in [4.69, 9.17) is 5.11 Å². The highest BCUT2D eigenvalue weighted by atomic mass is 16.4. The van der Waals surface area contributed by atoms with E-state index < -0.39 is 12.0 Å². The quantitative estimate of drug-likeness (QED) is 0.842. The number of nitrogens with one attached hydrogen (secondary N) is 1. The van der Waals surface area contributed by atoms with Crippen molar-refractivity contribution in [3.05, 3.63) is 29.3 Å². The molecule has 21 heavy (non-hydrogen) atoms. The van der Waals surface area contributed by atoms with Gasteiger partial charge in [0.15, 0.2) is 0 Å². The number of rotatable bonds is 6. The minimum atomic E-state index is -0.888. The average molecular weight is 290 g/mol. The van der Waals surface area contributed by atoms with Gasteiger partial charge in [-0.05, 0) is 56.9 Å². The maximum absolute atomic E-state index is 12.2. The maximum Gasteiger partial charge on any atom is 0.320 e. The summed E-state index contributed by atoms with van der Waals surface area (Å²) in [6.45, 7) is 5.70. The van der Waals surface area contributed by atoms with Gasteiger partial charge in [0.2, 0.25) is 5.91 Å². The Morgan fingerprint density at radius 2 is 1.86 bits per heavy atom. The summed E-state index contributed by atoms with van der Waals surface area (Å²) in [5.74, 6) is -1.05. The predicted molar refractivity (Wildman–Crippen MR) is 81.4 cm³/mol. The first-order valence-electron chi connectivity index (χ1n) is 7.23. The van der Waals surface area contributed by atoms with E-state index in [1.165, 1.54) is 0 Å². The van der Waals surface area contributed by atoms with Gasteiger partial charge in [-0.3, -0.25) is 14.5 Å². The van der Waals surface area contributed by atoms with Gasteiger partial charge >= 0.3 is 5.97 Å². The van der Waals surface area contributed by atoms with Crippen LogP contribution < -0.4 is 5.32 Å². The molecule has 0 radical (unpaired) electrons. The van der Waals surface area contributed by atoms with Crippen molar-refractivity contribution in [1.29, 1.82) is 0 Å². The molecule has 1 aliphatic rings. The number of benzene rings is 1. The molecule has 1 aromatic carbocycles. The van der Waals surface area contributed by atoms with Crippen LogP contribution in [-0.2, 0) is 9.59 Å². The number of carboxylic acid groups (broad SMARTS) is 1. The van der Waals surface area contributed by atoms with Crippen molar-refractivity contribution < 1.29 is 14.7 Å². The lowest BCUT2D eigenvalue weighted by molar-refractivity contribution is -0.143. The van der Waals surface area contributed by atoms with Crippen LogP contribution in [0.5, 0.6) is 0 Å². The largest absolute Gasteiger partial charge is 0.480 e. The van der Waals surface area contributed by atoms with E-state index in [-0.39, 0.29) is 18.5 Å². The predicted octanol–water partition coefficient (Wildman–Crippen LogP) is 2.18. The van der Waals surface area contributed by atoms with Gasteiger partial charge in [-0.15, -0.1) is 0 Å². The van der Waals surface area contributed by atoms with Crippen molar-refractivity contribution in [1.82, 2.24) is 4.90 Å². The summed E-state index contributed by atoms with van der Waals surface area (Å²) in [4.78, 5) is 25.1. The molecule has 1 aliphatic carbocycles. The highest BCUT2D eigenvalue weighted by Crippen LogP contribution is 2.28. The molecule has 1 amide bonds. The van der Waals surface area contributed by atoms with E-state index in [1.807, 2.05) is 32.0 Å². The monoisotopic (exact) mass is 290 g/mol. The van der Waals surface area contributed by atoms with Crippen molar-refractivity contribution in [2.24, 2.45) is 0 Å². The van der Waals surface area contributed by atoms with E-state index in [0.29, 0.717) is 0 Å². The Bertz CT molecular complexity index is 532. The summed E-state index contributed by atoms with van der Waals surface area (Å²) in [7, 11) is 0. The summed E-state index contributed by atoms with van der Waals surface area (Å²) in [5.41, 5.74) is 2.93. The second-order valence-corrected chi connectivity index (χ2v) is 5.84. The number of carboxylic acids is 1. The molecule has 0 saturated heterocycles. The smallest absolute Gasteiger partial charge is 0.320 e. The van der Waals surface area contributed by atoms with Crippen LogP contribution in [0.2, 0.25) is 0 Å². The van der Waals surface area contributed by atoms with Crippen LogP contribution in [0.25, 0.3) is 0 Å². The van der Waals surface area contributed by atoms with Gasteiger partial charge in [-0.25, -0.2) is 0 Å². The zero-order chi connectivity index (χ0) is 15.6. The number of amides is 1. The standard InChI is InChI=1S/C16H22N2O3/c1-10-6-11(2)8-13(7-10)17-15(19)9-18(14-4-5-14)12(3)16(20)21/h6-8,12,14H,4-5,9H2,1-3H3,(H,17,19)(H,20,21). The van der Waals surface area contributed by atoms with Crippen LogP contribution in [0.3, 0.4) is 0 Å². The van der Waals surface area contributed by atoms with Gasteiger partial charge in [-0.1, -0.05) is 6.07 Å². The molecule has 0 bridgehead atoms. The maximum atomic E-state index is 12.2. The SMILES string of the molecule is Cc1cc(C)cc(NC(=O)CN(C2CC2)C(C)C(=O)O)c1. The van der Waals surface area contributed by atoms with Gasteiger partial charge in [0, 0.05) is 11.7 Å². The molecule has 5 heteroatoms. The molecule has 1 atom stereocenters.